The van der Waals surface area contributed by atoms with E-state index in [9.17, 15) is 0 Å². The normalized spacial score (nSPS) is 17.2. The minimum atomic E-state index is -1.73. The molecule has 11 aromatic carbocycles. The summed E-state index contributed by atoms with van der Waals surface area (Å²) in [4.78, 5) is 0. The summed E-state index contributed by atoms with van der Waals surface area (Å²) in [6.45, 7) is 0. The zero-order valence-corrected chi connectivity index (χ0v) is 37.3. The molecule has 0 aliphatic heterocycles. The molecule has 70 heavy (non-hydrogen) atoms. The fourth-order valence-electron chi connectivity index (χ4n) is 12.8. The molecule has 328 valence electrons. The Kier molecular flexibility index (Phi) is 8.14. The van der Waals surface area contributed by atoms with Gasteiger partial charge >= 0.3 is 0 Å². The second-order valence-electron chi connectivity index (χ2n) is 19.0. The van der Waals surface area contributed by atoms with Gasteiger partial charge in [-0.2, -0.15) is 0 Å². The van der Waals surface area contributed by atoms with E-state index in [0.29, 0.717) is 21.5 Å². The molecule has 11 aromatic rings. The minimum absolute atomic E-state index is 0.0897. The summed E-state index contributed by atoms with van der Waals surface area (Å²) in [6.07, 6.45) is 19.6. The molecule has 0 saturated carbocycles. The number of benzene rings is 11. The van der Waals surface area contributed by atoms with Crippen LogP contribution in [0.1, 0.15) is 5.56 Å². The van der Waals surface area contributed by atoms with Crippen LogP contribution in [0.3, 0.4) is 0 Å². The average molecular weight is 905 g/mol. The summed E-state index contributed by atoms with van der Waals surface area (Å²) in [7, 11) is 0. The van der Waals surface area contributed by atoms with Crippen LogP contribution < -0.4 is 0 Å². The highest BCUT2D eigenvalue weighted by molar-refractivity contribution is 6.30. The van der Waals surface area contributed by atoms with Gasteiger partial charge in [0.25, 0.3) is 0 Å². The molecule has 0 aromatic heterocycles. The van der Waals surface area contributed by atoms with E-state index in [1.807, 2.05) is 97.1 Å². The van der Waals surface area contributed by atoms with E-state index in [4.69, 9.17) is 0 Å². The quantitative estimate of drug-likeness (QED) is 0.0543. The van der Waals surface area contributed by atoms with Crippen molar-refractivity contribution in [2.24, 2.45) is 11.8 Å². The lowest BCUT2D eigenvalue weighted by atomic mass is 9.63. The Morgan fingerprint density at radius 2 is 0.743 bits per heavy atom. The predicted molar refractivity (Wildman–Crippen MR) is 282 cm³/mol. The van der Waals surface area contributed by atoms with E-state index in [1.54, 1.807) is 0 Å². The Balaban J connectivity index is 1.01. The van der Waals surface area contributed by atoms with Gasteiger partial charge in [0, 0.05) is 23.0 Å². The van der Waals surface area contributed by atoms with Gasteiger partial charge in [0.15, 0.2) is 17.5 Å². The van der Waals surface area contributed by atoms with Crippen molar-refractivity contribution in [2.45, 2.75) is 0 Å². The first-order valence-corrected chi connectivity index (χ1v) is 23.8. The van der Waals surface area contributed by atoms with Crippen molar-refractivity contribution in [1.82, 2.24) is 0 Å². The molecule has 15 rings (SSSR count). The molecule has 0 spiro atoms. The molecule has 0 bridgehead atoms. The molecule has 0 nitrogen and oxygen atoms in total. The number of rotatable bonds is 4. The fraction of sp³-hybridized carbons (Fsp3) is 0.0303. The third-order valence-electron chi connectivity index (χ3n) is 15.7. The van der Waals surface area contributed by atoms with Crippen LogP contribution in [0.5, 0.6) is 0 Å². The highest BCUT2D eigenvalue weighted by Crippen LogP contribution is 2.55. The highest BCUT2D eigenvalue weighted by Gasteiger charge is 2.39. The van der Waals surface area contributed by atoms with E-state index in [1.165, 1.54) is 22.1 Å². The van der Waals surface area contributed by atoms with Gasteiger partial charge in [0.2, 0.25) is 0 Å². The Hall–Kier alpha value is -8.60. The molecule has 0 amide bonds. The van der Waals surface area contributed by atoms with Crippen LogP contribution in [0.4, 0.5) is 17.6 Å². The molecule has 0 N–H and O–H groups in total. The van der Waals surface area contributed by atoms with Crippen molar-refractivity contribution in [1.29, 1.82) is 0 Å². The number of hydrogen-bond donors (Lipinski definition) is 0. The Bertz CT molecular complexity index is 4330. The fourth-order valence-corrected chi connectivity index (χ4v) is 12.8. The van der Waals surface area contributed by atoms with Gasteiger partial charge in [-0.25, -0.2) is 17.6 Å². The molecule has 2 unspecified atom stereocenters. The Labute approximate surface area is 399 Å². The van der Waals surface area contributed by atoms with Gasteiger partial charge in [0.05, 0.1) is 11.1 Å². The number of halogens is 4. The topological polar surface area (TPSA) is 0 Å². The molecule has 0 fully saturated rings. The SMILES string of the molecule is Fc1c(F)c(-c2c3ccccc3c(C3=C4C=CC5=CC=CC6=CC=C(C=C3)C4C56)c3ccccc23)c(F)c(-c2c3ccccc3c(-c3ccc4ccc5cccc6ccc3c4c56)c3ccccc23)c1F. The second kappa shape index (κ2) is 14.5. The van der Waals surface area contributed by atoms with E-state index >= 15 is 17.6 Å². The van der Waals surface area contributed by atoms with Crippen LogP contribution in [0.15, 0.2) is 229 Å². The molecule has 0 saturated heterocycles. The van der Waals surface area contributed by atoms with E-state index in [2.05, 4.69) is 109 Å². The lowest BCUT2D eigenvalue weighted by Crippen LogP contribution is -2.29. The zero-order chi connectivity index (χ0) is 46.5. The molecule has 4 aliphatic carbocycles. The standard InChI is InChI=1S/C66H36F4/c67-63-61(59-45-19-5-1-15-41(45)57(42-16-2-6-20-46(42)59)51-33-29-39-25-23-35-11-9-13-37-27-31-49(51)55(39)53(35)37)64(68)66(70)65(69)62(63)60-47-21-7-3-17-43(47)58(44-18-4-8-22-48(44)60)52-34-30-40-26-24-36-12-10-14-38-28-32-50(52)56(40)54(36)38/h1-34,53,55H. The molecule has 0 radical (unpaired) electrons. The monoisotopic (exact) mass is 904 g/mol. The van der Waals surface area contributed by atoms with Crippen LogP contribution in [0.25, 0.3) is 114 Å². The number of hydrogen-bond acceptors (Lipinski definition) is 0. The molecule has 0 heterocycles. The van der Waals surface area contributed by atoms with Gasteiger partial charge in [0.1, 0.15) is 5.82 Å². The lowest BCUT2D eigenvalue weighted by molar-refractivity contribution is 0.440. The molecule has 4 heteroatoms. The minimum Gasteiger partial charge on any atom is -0.205 e. The lowest BCUT2D eigenvalue weighted by Gasteiger charge is -2.40. The maximum atomic E-state index is 18.5. The molecule has 2 atom stereocenters. The smallest absolute Gasteiger partial charge is 0.195 e. The van der Waals surface area contributed by atoms with Gasteiger partial charge < -0.3 is 0 Å². The summed E-state index contributed by atoms with van der Waals surface area (Å²) in [5, 5.41) is 11.8. The average Bonchev–Trinajstić information content (AvgIpc) is 3.41. The van der Waals surface area contributed by atoms with Crippen LogP contribution in [-0.4, -0.2) is 0 Å². The first-order chi connectivity index (χ1) is 34.4. The van der Waals surface area contributed by atoms with Gasteiger partial charge in [-0.3, -0.25) is 0 Å². The van der Waals surface area contributed by atoms with Crippen LogP contribution in [0, 0.1) is 35.1 Å². The summed E-state index contributed by atoms with van der Waals surface area (Å²) in [6, 6.07) is 49.3. The summed E-state index contributed by atoms with van der Waals surface area (Å²) in [5.74, 6) is -5.78. The summed E-state index contributed by atoms with van der Waals surface area (Å²) < 4.78 is 69.9. The zero-order valence-electron chi connectivity index (χ0n) is 37.3. The van der Waals surface area contributed by atoms with Crippen molar-refractivity contribution in [3.63, 3.8) is 0 Å². The van der Waals surface area contributed by atoms with Crippen LogP contribution in [-0.2, 0) is 0 Å². The summed E-state index contributed by atoms with van der Waals surface area (Å²) in [5.41, 5.74) is 7.80. The van der Waals surface area contributed by atoms with Gasteiger partial charge in [-0.05, 0) is 120 Å². The second-order valence-corrected chi connectivity index (χ2v) is 19.0. The first-order valence-electron chi connectivity index (χ1n) is 23.8. The molecule has 4 aliphatic rings. The van der Waals surface area contributed by atoms with Crippen LogP contribution >= 0.6 is 0 Å². The molecular formula is C66H36F4. The van der Waals surface area contributed by atoms with Crippen molar-refractivity contribution >= 4 is 81.0 Å². The number of fused-ring (bicyclic) bond motifs is 4. The predicted octanol–water partition coefficient (Wildman–Crippen LogP) is 18.2. The van der Waals surface area contributed by atoms with Crippen molar-refractivity contribution < 1.29 is 17.6 Å². The number of allylic oxidation sites excluding steroid dienone is 14. The third-order valence-corrected chi connectivity index (χ3v) is 15.7. The van der Waals surface area contributed by atoms with E-state index in [-0.39, 0.29) is 23.0 Å². The van der Waals surface area contributed by atoms with E-state index in [0.717, 1.165) is 76.3 Å². The molecular weight excluding hydrogens is 869 g/mol. The van der Waals surface area contributed by atoms with Crippen LogP contribution in [0.2, 0.25) is 0 Å². The highest BCUT2D eigenvalue weighted by atomic mass is 19.2. The van der Waals surface area contributed by atoms with Gasteiger partial charge in [-0.1, -0.05) is 206 Å². The van der Waals surface area contributed by atoms with Crippen molar-refractivity contribution in [3.05, 3.63) is 257 Å². The largest absolute Gasteiger partial charge is 0.205 e. The van der Waals surface area contributed by atoms with Crippen molar-refractivity contribution in [3.8, 4) is 33.4 Å². The maximum absolute atomic E-state index is 18.5. The Morgan fingerprint density at radius 1 is 0.286 bits per heavy atom. The first kappa shape index (κ1) is 39.4. The Morgan fingerprint density at radius 3 is 1.31 bits per heavy atom. The van der Waals surface area contributed by atoms with E-state index < -0.39 is 34.4 Å². The summed E-state index contributed by atoms with van der Waals surface area (Å²) >= 11 is 0. The van der Waals surface area contributed by atoms with Crippen molar-refractivity contribution in [2.75, 3.05) is 0 Å². The van der Waals surface area contributed by atoms with Gasteiger partial charge in [-0.15, -0.1) is 0 Å². The third kappa shape index (κ3) is 5.20. The maximum Gasteiger partial charge on any atom is 0.195 e.